The molecule has 0 bridgehead atoms. The van der Waals surface area contributed by atoms with Crippen LogP contribution in [0, 0.1) is 5.92 Å². The van der Waals surface area contributed by atoms with E-state index in [1.807, 2.05) is 0 Å². The molecule has 1 atom stereocenters. The zero-order chi connectivity index (χ0) is 10.4. The summed E-state index contributed by atoms with van der Waals surface area (Å²) in [7, 11) is 1.19. The average Bonchev–Trinajstić information content (AvgIpc) is 2.12. The molecule has 0 aliphatic carbocycles. The van der Waals surface area contributed by atoms with Gasteiger partial charge in [-0.25, -0.2) is 4.79 Å². The van der Waals surface area contributed by atoms with Crippen LogP contribution in [-0.2, 0) is 19.1 Å². The summed E-state index contributed by atoms with van der Waals surface area (Å²) in [6.45, 7) is 1.65. The third-order valence-corrected chi connectivity index (χ3v) is 1.72. The lowest BCUT2D eigenvalue weighted by atomic mass is 9.97. The predicted molar refractivity (Wildman–Crippen MR) is 43.1 cm³/mol. The molecule has 74 valence electrons. The van der Waals surface area contributed by atoms with Gasteiger partial charge in [0.15, 0.2) is 0 Å². The van der Waals surface area contributed by atoms with Crippen LogP contribution in [0.4, 0.5) is 0 Å². The molecule has 13 heavy (non-hydrogen) atoms. The van der Waals surface area contributed by atoms with Crippen LogP contribution < -0.4 is 0 Å². The van der Waals surface area contributed by atoms with Gasteiger partial charge in [0.05, 0.1) is 13.5 Å². The molecule has 0 saturated heterocycles. The summed E-state index contributed by atoms with van der Waals surface area (Å²) in [5.74, 6) is -3.78. The lowest BCUT2D eigenvalue weighted by Gasteiger charge is -2.08. The molecular weight excluding hydrogens is 176 g/mol. The van der Waals surface area contributed by atoms with E-state index in [1.54, 1.807) is 6.92 Å². The minimum atomic E-state index is -1.50. The quantitative estimate of drug-likeness (QED) is 0.493. The fourth-order valence-corrected chi connectivity index (χ4v) is 0.882. The van der Waals surface area contributed by atoms with E-state index >= 15 is 0 Å². The number of carbonyl (C=O) groups is 3. The fourth-order valence-electron chi connectivity index (χ4n) is 0.882. The van der Waals surface area contributed by atoms with Crippen LogP contribution in [0.25, 0.3) is 0 Å². The second-order valence-corrected chi connectivity index (χ2v) is 2.55. The van der Waals surface area contributed by atoms with Crippen molar-refractivity contribution in [3.63, 3.8) is 0 Å². The van der Waals surface area contributed by atoms with Crippen LogP contribution in [0.5, 0.6) is 0 Å². The number of carboxylic acid groups (broad SMARTS) is 1. The number of Topliss-reactive ketones (excluding diaryl/α,β-unsaturated/α-hetero) is 1. The summed E-state index contributed by atoms with van der Waals surface area (Å²) < 4.78 is 4.33. The Labute approximate surface area is 75.7 Å². The molecule has 5 heteroatoms. The summed E-state index contributed by atoms with van der Waals surface area (Å²) in [4.78, 5) is 31.9. The smallest absolute Gasteiger partial charge is 0.372 e. The topological polar surface area (TPSA) is 80.7 Å². The summed E-state index contributed by atoms with van der Waals surface area (Å²) >= 11 is 0. The van der Waals surface area contributed by atoms with Crippen molar-refractivity contribution >= 4 is 17.7 Å². The highest BCUT2D eigenvalue weighted by Gasteiger charge is 2.25. The molecule has 1 N–H and O–H groups in total. The number of carbonyl (C=O) groups excluding carboxylic acids is 2. The number of ether oxygens (including phenoxy) is 1. The number of methoxy groups -OCH3 is 1. The monoisotopic (exact) mass is 188 g/mol. The summed E-state index contributed by atoms with van der Waals surface area (Å²) in [6, 6.07) is 0. The van der Waals surface area contributed by atoms with Crippen LogP contribution in [0.15, 0.2) is 0 Å². The Kier molecular flexibility index (Phi) is 4.72. The molecule has 0 aliphatic heterocycles. The standard InChI is InChI=1S/C8H12O5/c1-3-5(4-6(9)13-2)7(10)8(11)12/h5H,3-4H2,1-2H3,(H,11,12). The maximum atomic E-state index is 10.9. The van der Waals surface area contributed by atoms with Gasteiger partial charge in [0.25, 0.3) is 0 Å². The number of esters is 1. The number of hydrogen-bond donors (Lipinski definition) is 1. The van der Waals surface area contributed by atoms with Gasteiger partial charge in [-0.1, -0.05) is 6.92 Å². The second-order valence-electron chi connectivity index (χ2n) is 2.55. The van der Waals surface area contributed by atoms with Gasteiger partial charge in [-0.05, 0) is 6.42 Å². The first-order valence-corrected chi connectivity index (χ1v) is 3.86. The number of carboxylic acids is 1. The number of rotatable bonds is 5. The summed E-state index contributed by atoms with van der Waals surface area (Å²) in [6.07, 6.45) is 0.151. The van der Waals surface area contributed by atoms with Crippen molar-refractivity contribution in [1.82, 2.24) is 0 Å². The number of hydrogen-bond acceptors (Lipinski definition) is 4. The van der Waals surface area contributed by atoms with Crippen molar-refractivity contribution < 1.29 is 24.2 Å². The normalized spacial score (nSPS) is 11.8. The number of ketones is 1. The Morgan fingerprint density at radius 2 is 1.92 bits per heavy atom. The van der Waals surface area contributed by atoms with Crippen LogP contribution in [0.1, 0.15) is 19.8 Å². The highest BCUT2D eigenvalue weighted by molar-refractivity contribution is 6.33. The van der Waals surface area contributed by atoms with Crippen LogP contribution in [0.3, 0.4) is 0 Å². The maximum absolute atomic E-state index is 10.9. The first-order valence-electron chi connectivity index (χ1n) is 3.86. The van der Waals surface area contributed by atoms with E-state index in [0.29, 0.717) is 6.42 Å². The van der Waals surface area contributed by atoms with Crippen molar-refractivity contribution in [1.29, 1.82) is 0 Å². The van der Waals surface area contributed by atoms with Gasteiger partial charge in [-0.3, -0.25) is 9.59 Å². The van der Waals surface area contributed by atoms with Gasteiger partial charge in [0, 0.05) is 5.92 Å². The average molecular weight is 188 g/mol. The highest BCUT2D eigenvalue weighted by atomic mass is 16.5. The lowest BCUT2D eigenvalue weighted by Crippen LogP contribution is -2.25. The minimum absolute atomic E-state index is 0.169. The fraction of sp³-hybridized carbons (Fsp3) is 0.625. The molecule has 0 saturated carbocycles. The predicted octanol–water partition coefficient (Wildman–Crippen LogP) is 0.229. The molecule has 0 heterocycles. The Hall–Kier alpha value is -1.39. The van der Waals surface area contributed by atoms with E-state index in [-0.39, 0.29) is 6.42 Å². The van der Waals surface area contributed by atoms with Crippen molar-refractivity contribution in [2.24, 2.45) is 5.92 Å². The van der Waals surface area contributed by atoms with E-state index in [9.17, 15) is 14.4 Å². The van der Waals surface area contributed by atoms with Gasteiger partial charge < -0.3 is 9.84 Å². The summed E-state index contributed by atoms with van der Waals surface area (Å²) in [5, 5.41) is 8.37. The zero-order valence-electron chi connectivity index (χ0n) is 7.57. The molecule has 0 radical (unpaired) electrons. The van der Waals surface area contributed by atoms with Gasteiger partial charge in [0.1, 0.15) is 0 Å². The van der Waals surface area contributed by atoms with Crippen LogP contribution >= 0.6 is 0 Å². The van der Waals surface area contributed by atoms with E-state index in [2.05, 4.69) is 4.74 Å². The first-order chi connectivity index (χ1) is 6.02. The third-order valence-electron chi connectivity index (χ3n) is 1.72. The van der Waals surface area contributed by atoms with Gasteiger partial charge in [-0.2, -0.15) is 0 Å². The molecule has 0 spiro atoms. The molecule has 0 aromatic heterocycles. The van der Waals surface area contributed by atoms with E-state index in [4.69, 9.17) is 5.11 Å². The van der Waals surface area contributed by atoms with E-state index in [0.717, 1.165) is 0 Å². The van der Waals surface area contributed by atoms with Crippen molar-refractivity contribution in [3.05, 3.63) is 0 Å². The summed E-state index contributed by atoms with van der Waals surface area (Å²) in [5.41, 5.74) is 0. The Morgan fingerprint density at radius 3 is 2.23 bits per heavy atom. The van der Waals surface area contributed by atoms with Crippen molar-refractivity contribution in [2.45, 2.75) is 19.8 Å². The lowest BCUT2D eigenvalue weighted by molar-refractivity contribution is -0.153. The molecule has 5 nitrogen and oxygen atoms in total. The van der Waals surface area contributed by atoms with Crippen molar-refractivity contribution in [3.8, 4) is 0 Å². The van der Waals surface area contributed by atoms with E-state index in [1.165, 1.54) is 7.11 Å². The highest BCUT2D eigenvalue weighted by Crippen LogP contribution is 2.10. The molecule has 0 fully saturated rings. The number of aliphatic carboxylic acids is 1. The van der Waals surface area contributed by atoms with Gasteiger partial charge in [-0.15, -0.1) is 0 Å². The SMILES string of the molecule is CCC(CC(=O)OC)C(=O)C(=O)O. The second kappa shape index (κ2) is 5.29. The molecule has 0 amide bonds. The minimum Gasteiger partial charge on any atom is -0.475 e. The Morgan fingerprint density at radius 1 is 1.38 bits per heavy atom. The maximum Gasteiger partial charge on any atom is 0.372 e. The Balaban J connectivity index is 4.26. The van der Waals surface area contributed by atoms with Gasteiger partial charge >= 0.3 is 11.9 Å². The van der Waals surface area contributed by atoms with Gasteiger partial charge in [0.2, 0.25) is 5.78 Å². The molecule has 0 aliphatic rings. The Bertz CT molecular complexity index is 221. The third kappa shape index (κ3) is 3.68. The zero-order valence-corrected chi connectivity index (χ0v) is 7.57. The van der Waals surface area contributed by atoms with Crippen LogP contribution in [0.2, 0.25) is 0 Å². The molecule has 0 rings (SSSR count). The molecular formula is C8H12O5. The van der Waals surface area contributed by atoms with Crippen LogP contribution in [-0.4, -0.2) is 29.9 Å². The largest absolute Gasteiger partial charge is 0.475 e. The molecule has 0 aromatic rings. The first kappa shape index (κ1) is 11.6. The van der Waals surface area contributed by atoms with E-state index < -0.39 is 23.6 Å². The molecule has 1 unspecified atom stereocenters. The molecule has 0 aromatic carbocycles. The van der Waals surface area contributed by atoms with Crippen molar-refractivity contribution in [2.75, 3.05) is 7.11 Å².